The molecule has 0 aliphatic rings. The number of nitrogens with one attached hydrogen (secondary N) is 3. The van der Waals surface area contributed by atoms with Gasteiger partial charge >= 0.3 is 0 Å². The summed E-state index contributed by atoms with van der Waals surface area (Å²) in [4.78, 5) is 24.2. The van der Waals surface area contributed by atoms with Crippen molar-refractivity contribution in [1.29, 1.82) is 0 Å². The highest BCUT2D eigenvalue weighted by molar-refractivity contribution is 7.92. The van der Waals surface area contributed by atoms with Crippen molar-refractivity contribution in [2.75, 3.05) is 17.9 Å². The Bertz CT molecular complexity index is 1040. The number of carbonyl (C=O) groups excluding carboxylic acids is 2. The lowest BCUT2D eigenvalue weighted by Gasteiger charge is -2.13. The van der Waals surface area contributed by atoms with Gasteiger partial charge in [-0.1, -0.05) is 18.5 Å². The van der Waals surface area contributed by atoms with Gasteiger partial charge in [0, 0.05) is 24.7 Å². The Hall–Kier alpha value is -2.78. The number of anilines is 1. The van der Waals surface area contributed by atoms with E-state index in [9.17, 15) is 18.0 Å². The number of halogens is 1. The Balaban J connectivity index is 2.06. The van der Waals surface area contributed by atoms with Crippen LogP contribution in [0.4, 0.5) is 5.69 Å². The zero-order valence-corrected chi connectivity index (χ0v) is 19.8. The first-order valence-corrected chi connectivity index (χ1v) is 12.1. The van der Waals surface area contributed by atoms with Crippen LogP contribution in [0.25, 0.3) is 0 Å². The van der Waals surface area contributed by atoms with Gasteiger partial charge in [0.2, 0.25) is 5.91 Å². The van der Waals surface area contributed by atoms with Crippen LogP contribution in [0, 0.1) is 0 Å². The second-order valence-corrected chi connectivity index (χ2v) is 9.18. The normalized spacial score (nSPS) is 12.0. The van der Waals surface area contributed by atoms with E-state index >= 15 is 0 Å². The molecule has 0 fully saturated rings. The largest absolute Gasteiger partial charge is 0.494 e. The first-order valence-electron chi connectivity index (χ1n) is 10.3. The van der Waals surface area contributed by atoms with Gasteiger partial charge < -0.3 is 15.4 Å². The van der Waals surface area contributed by atoms with Crippen molar-refractivity contribution >= 4 is 39.1 Å². The second-order valence-electron chi connectivity index (χ2n) is 7.09. The molecule has 8 nitrogen and oxygen atoms in total. The Labute approximate surface area is 193 Å². The maximum atomic E-state index is 12.8. The first-order chi connectivity index (χ1) is 15.2. The highest BCUT2D eigenvalue weighted by Gasteiger charge is 2.19. The first kappa shape index (κ1) is 25.5. The molecule has 174 valence electrons. The van der Waals surface area contributed by atoms with E-state index in [1.165, 1.54) is 18.2 Å². The van der Waals surface area contributed by atoms with Gasteiger partial charge in [-0.3, -0.25) is 14.3 Å². The quantitative estimate of drug-likeness (QED) is 0.454. The molecule has 10 heteroatoms. The topological polar surface area (TPSA) is 114 Å². The van der Waals surface area contributed by atoms with E-state index in [1.54, 1.807) is 24.3 Å². The summed E-state index contributed by atoms with van der Waals surface area (Å²) in [6.07, 6.45) is 0.907. The highest BCUT2D eigenvalue weighted by atomic mass is 35.5. The molecule has 2 amide bonds. The minimum Gasteiger partial charge on any atom is -0.494 e. The van der Waals surface area contributed by atoms with Crippen LogP contribution in [0.15, 0.2) is 47.4 Å². The minimum atomic E-state index is -3.96. The third-order valence-electron chi connectivity index (χ3n) is 4.57. The number of rotatable bonds is 11. The number of hydrogen-bond donors (Lipinski definition) is 3. The van der Waals surface area contributed by atoms with Gasteiger partial charge in [0.1, 0.15) is 5.75 Å². The van der Waals surface area contributed by atoms with E-state index in [0.717, 1.165) is 6.42 Å². The summed E-state index contributed by atoms with van der Waals surface area (Å²) in [7, 11) is -3.96. The van der Waals surface area contributed by atoms with Crippen LogP contribution >= 0.6 is 11.6 Å². The van der Waals surface area contributed by atoms with Crippen LogP contribution in [0.2, 0.25) is 5.02 Å². The fourth-order valence-electron chi connectivity index (χ4n) is 2.68. The summed E-state index contributed by atoms with van der Waals surface area (Å²) in [6.45, 7) is 6.30. The van der Waals surface area contributed by atoms with Gasteiger partial charge in [0.15, 0.2) is 0 Å². The fourth-order valence-corrected chi connectivity index (χ4v) is 3.97. The van der Waals surface area contributed by atoms with Crippen molar-refractivity contribution in [2.45, 2.75) is 44.6 Å². The molecule has 0 aliphatic carbocycles. The van der Waals surface area contributed by atoms with Crippen molar-refractivity contribution < 1.29 is 22.7 Å². The van der Waals surface area contributed by atoms with E-state index in [-0.39, 0.29) is 40.4 Å². The van der Waals surface area contributed by atoms with Crippen LogP contribution in [-0.4, -0.2) is 39.4 Å². The predicted molar refractivity (Wildman–Crippen MR) is 125 cm³/mol. The Morgan fingerprint density at radius 3 is 2.41 bits per heavy atom. The molecule has 0 saturated carbocycles. The van der Waals surface area contributed by atoms with Crippen LogP contribution in [-0.2, 0) is 14.8 Å². The summed E-state index contributed by atoms with van der Waals surface area (Å²) in [6, 6.07) is 10.4. The van der Waals surface area contributed by atoms with Crippen molar-refractivity contribution in [3.8, 4) is 5.75 Å². The molecule has 3 N–H and O–H groups in total. The van der Waals surface area contributed by atoms with E-state index in [0.29, 0.717) is 18.0 Å². The van der Waals surface area contributed by atoms with Crippen molar-refractivity contribution in [3.05, 3.63) is 53.1 Å². The maximum Gasteiger partial charge on any atom is 0.261 e. The lowest BCUT2D eigenvalue weighted by molar-refractivity contribution is -0.121. The smallest absolute Gasteiger partial charge is 0.261 e. The molecule has 0 saturated heterocycles. The molecule has 0 spiro atoms. The Morgan fingerprint density at radius 1 is 1.09 bits per heavy atom. The molecule has 2 rings (SSSR count). The van der Waals surface area contributed by atoms with E-state index in [2.05, 4.69) is 15.4 Å². The number of amides is 2. The summed E-state index contributed by atoms with van der Waals surface area (Å²) >= 11 is 6.11. The number of hydrogen-bond acceptors (Lipinski definition) is 5. The number of benzene rings is 2. The zero-order valence-electron chi connectivity index (χ0n) is 18.3. The minimum absolute atomic E-state index is 0.00331. The second kappa shape index (κ2) is 11.7. The van der Waals surface area contributed by atoms with E-state index in [1.807, 2.05) is 20.8 Å². The number of carbonyl (C=O) groups is 2. The summed E-state index contributed by atoms with van der Waals surface area (Å²) < 4.78 is 33.3. The van der Waals surface area contributed by atoms with Crippen molar-refractivity contribution in [3.63, 3.8) is 0 Å². The van der Waals surface area contributed by atoms with Crippen molar-refractivity contribution in [2.24, 2.45) is 0 Å². The molecule has 0 aromatic heterocycles. The van der Waals surface area contributed by atoms with Gasteiger partial charge in [-0.25, -0.2) is 8.42 Å². The number of sulfonamides is 1. The molecule has 2 aromatic rings. The monoisotopic (exact) mass is 481 g/mol. The van der Waals surface area contributed by atoms with Gasteiger partial charge in [0.25, 0.3) is 15.9 Å². The Kier molecular flexibility index (Phi) is 9.34. The predicted octanol–water partition coefficient (Wildman–Crippen LogP) is 3.57. The van der Waals surface area contributed by atoms with Gasteiger partial charge in [-0.05, 0) is 62.7 Å². The van der Waals surface area contributed by atoms with Crippen LogP contribution in [0.5, 0.6) is 5.75 Å². The SMILES string of the molecule is CCOc1ccc(NS(=O)(=O)c2ccc(Cl)c(C(=O)NCCC(=O)NC(C)CC)c2)cc1. The Morgan fingerprint density at radius 2 is 1.78 bits per heavy atom. The standard InChI is InChI=1S/C22H28ClN3O5S/c1-4-15(3)25-21(27)12-13-24-22(28)19-14-18(10-11-20(19)23)32(29,30)26-16-6-8-17(9-7-16)31-5-2/h6-11,14-15,26H,4-5,12-13H2,1-3H3,(H,24,28)(H,25,27). The molecule has 1 atom stereocenters. The zero-order chi connectivity index (χ0) is 23.7. The fraction of sp³-hybridized carbons (Fsp3) is 0.364. The molecular weight excluding hydrogens is 454 g/mol. The van der Waals surface area contributed by atoms with Crippen LogP contribution in [0.3, 0.4) is 0 Å². The van der Waals surface area contributed by atoms with E-state index < -0.39 is 15.9 Å². The average Bonchev–Trinajstić information content (AvgIpc) is 2.75. The van der Waals surface area contributed by atoms with Gasteiger partial charge in [-0.15, -0.1) is 0 Å². The van der Waals surface area contributed by atoms with Crippen molar-refractivity contribution in [1.82, 2.24) is 10.6 Å². The summed E-state index contributed by atoms with van der Waals surface area (Å²) in [5.74, 6) is -0.121. The molecule has 32 heavy (non-hydrogen) atoms. The molecule has 0 bridgehead atoms. The maximum absolute atomic E-state index is 12.8. The average molecular weight is 482 g/mol. The molecule has 0 radical (unpaired) electrons. The van der Waals surface area contributed by atoms with Gasteiger partial charge in [0.05, 0.1) is 22.1 Å². The molecule has 0 heterocycles. The molecule has 2 aromatic carbocycles. The van der Waals surface area contributed by atoms with Gasteiger partial charge in [-0.2, -0.15) is 0 Å². The van der Waals surface area contributed by atoms with Crippen LogP contribution < -0.4 is 20.1 Å². The third-order valence-corrected chi connectivity index (χ3v) is 6.28. The lowest BCUT2D eigenvalue weighted by atomic mass is 10.2. The molecule has 0 aliphatic heterocycles. The lowest BCUT2D eigenvalue weighted by Crippen LogP contribution is -2.35. The summed E-state index contributed by atoms with van der Waals surface area (Å²) in [5, 5.41) is 5.50. The summed E-state index contributed by atoms with van der Waals surface area (Å²) in [5.41, 5.74) is 0.352. The van der Waals surface area contributed by atoms with Crippen LogP contribution in [0.1, 0.15) is 44.0 Å². The third kappa shape index (κ3) is 7.42. The van der Waals surface area contributed by atoms with E-state index in [4.69, 9.17) is 16.3 Å². The molecule has 1 unspecified atom stereocenters. The molecular formula is C22H28ClN3O5S. The number of ether oxygens (including phenoxy) is 1. The highest BCUT2D eigenvalue weighted by Crippen LogP contribution is 2.23.